The Morgan fingerprint density at radius 2 is 2.31 bits per heavy atom. The summed E-state index contributed by atoms with van der Waals surface area (Å²) in [7, 11) is 0. The quantitative estimate of drug-likeness (QED) is 0.468. The van der Waals surface area contributed by atoms with Crippen LogP contribution in [-0.4, -0.2) is 34.0 Å². The van der Waals surface area contributed by atoms with E-state index in [-0.39, 0.29) is 12.6 Å². The highest BCUT2D eigenvalue weighted by atomic mass is 35.5. The van der Waals surface area contributed by atoms with E-state index >= 15 is 0 Å². The maximum absolute atomic E-state index is 8.90. The number of nitrogens with one attached hydrogen (secondary N) is 1. The summed E-state index contributed by atoms with van der Waals surface area (Å²) in [4.78, 5) is 8.36. The lowest BCUT2D eigenvalue weighted by Crippen LogP contribution is -2.20. The maximum Gasteiger partial charge on any atom is 0.190 e. The van der Waals surface area contributed by atoms with Crippen molar-refractivity contribution in [2.75, 3.05) is 18.2 Å². The molecule has 1 rings (SSSR count). The largest absolute Gasteiger partial charge is 0.396 e. The second-order valence-electron chi connectivity index (χ2n) is 3.32. The average molecular weight is 262 g/mol. The van der Waals surface area contributed by atoms with Gasteiger partial charge in [-0.05, 0) is 19.1 Å². The molecule has 0 aliphatic carbocycles. The molecule has 4 nitrogen and oxygen atoms in total. The first-order valence-corrected chi connectivity index (χ1v) is 6.75. The Labute approximate surface area is 105 Å². The highest BCUT2D eigenvalue weighted by Crippen LogP contribution is 2.18. The fourth-order valence-electron chi connectivity index (χ4n) is 1.31. The van der Waals surface area contributed by atoms with Crippen molar-refractivity contribution in [3.63, 3.8) is 0 Å². The van der Waals surface area contributed by atoms with E-state index in [2.05, 4.69) is 22.2 Å². The zero-order chi connectivity index (χ0) is 12.0. The molecule has 6 heteroatoms. The van der Waals surface area contributed by atoms with Gasteiger partial charge in [-0.1, -0.05) is 30.3 Å². The van der Waals surface area contributed by atoms with Crippen LogP contribution in [0.1, 0.15) is 19.8 Å². The number of aliphatic hydroxyl groups is 1. The van der Waals surface area contributed by atoms with Crippen LogP contribution in [0.25, 0.3) is 0 Å². The van der Waals surface area contributed by atoms with E-state index in [0.717, 1.165) is 6.42 Å². The van der Waals surface area contributed by atoms with Crippen LogP contribution in [0.2, 0.25) is 5.15 Å². The molecule has 0 amide bonds. The predicted molar refractivity (Wildman–Crippen MR) is 68.2 cm³/mol. The minimum absolute atomic E-state index is 0.166. The number of anilines is 1. The molecular weight excluding hydrogens is 246 g/mol. The van der Waals surface area contributed by atoms with Crippen molar-refractivity contribution in [2.24, 2.45) is 0 Å². The highest BCUT2D eigenvalue weighted by Gasteiger charge is 2.08. The van der Waals surface area contributed by atoms with Crippen LogP contribution in [0, 0.1) is 0 Å². The van der Waals surface area contributed by atoms with Gasteiger partial charge >= 0.3 is 0 Å². The standard InChI is InChI=1S/C10H16ClN3OS/c1-3-7(4-5-15)12-9-6-8(11)13-10(14-9)16-2/h6-7,15H,3-5H2,1-2H3,(H,12,13,14). The van der Waals surface area contributed by atoms with Crippen LogP contribution in [0.15, 0.2) is 11.2 Å². The molecule has 0 bridgehead atoms. The lowest BCUT2D eigenvalue weighted by Gasteiger charge is -2.16. The van der Waals surface area contributed by atoms with Crippen molar-refractivity contribution in [2.45, 2.75) is 31.0 Å². The number of aromatic nitrogens is 2. The molecule has 1 aromatic heterocycles. The molecule has 0 aliphatic rings. The summed E-state index contributed by atoms with van der Waals surface area (Å²) >= 11 is 7.33. The van der Waals surface area contributed by atoms with Crippen LogP contribution in [0.5, 0.6) is 0 Å². The fraction of sp³-hybridized carbons (Fsp3) is 0.600. The Morgan fingerprint density at radius 3 is 2.88 bits per heavy atom. The lowest BCUT2D eigenvalue weighted by molar-refractivity contribution is 0.278. The van der Waals surface area contributed by atoms with Crippen LogP contribution in [-0.2, 0) is 0 Å². The third-order valence-electron chi connectivity index (χ3n) is 2.18. The second-order valence-corrected chi connectivity index (χ2v) is 4.49. The first-order chi connectivity index (χ1) is 7.69. The van der Waals surface area contributed by atoms with Gasteiger partial charge in [0.2, 0.25) is 0 Å². The summed E-state index contributed by atoms with van der Waals surface area (Å²) < 4.78 is 0. The van der Waals surface area contributed by atoms with Crippen LogP contribution in [0.4, 0.5) is 5.82 Å². The van der Waals surface area contributed by atoms with Crippen LogP contribution in [0.3, 0.4) is 0 Å². The van der Waals surface area contributed by atoms with Gasteiger partial charge in [0.05, 0.1) is 0 Å². The third-order valence-corrected chi connectivity index (χ3v) is 2.92. The van der Waals surface area contributed by atoms with Crippen molar-refractivity contribution in [3.8, 4) is 0 Å². The molecule has 1 aromatic rings. The Morgan fingerprint density at radius 1 is 1.56 bits per heavy atom. The molecule has 0 aliphatic heterocycles. The normalized spacial score (nSPS) is 12.5. The van der Waals surface area contributed by atoms with Crippen molar-refractivity contribution < 1.29 is 5.11 Å². The Kier molecular flexibility index (Phi) is 5.87. The molecule has 0 radical (unpaired) electrons. The Balaban J connectivity index is 2.74. The first-order valence-electron chi connectivity index (χ1n) is 5.15. The number of aliphatic hydroxyl groups excluding tert-OH is 1. The predicted octanol–water partition coefficient (Wildman–Crippen LogP) is 2.42. The summed E-state index contributed by atoms with van der Waals surface area (Å²) in [6.45, 7) is 2.23. The molecule has 0 spiro atoms. The molecule has 90 valence electrons. The van der Waals surface area contributed by atoms with Crippen molar-refractivity contribution in [1.82, 2.24) is 9.97 Å². The Bertz CT molecular complexity index is 338. The number of thioether (sulfide) groups is 1. The molecule has 0 saturated carbocycles. The van der Waals surface area contributed by atoms with E-state index < -0.39 is 0 Å². The number of rotatable bonds is 6. The molecular formula is C10H16ClN3OS. The number of hydrogen-bond donors (Lipinski definition) is 2. The number of nitrogens with zero attached hydrogens (tertiary/aromatic N) is 2. The molecule has 0 aromatic carbocycles. The molecule has 1 atom stereocenters. The minimum Gasteiger partial charge on any atom is -0.396 e. The topological polar surface area (TPSA) is 58.0 Å². The van der Waals surface area contributed by atoms with Gasteiger partial charge in [0.1, 0.15) is 11.0 Å². The summed E-state index contributed by atoms with van der Waals surface area (Å²) in [5.74, 6) is 0.713. The molecule has 1 heterocycles. The zero-order valence-electron chi connectivity index (χ0n) is 9.40. The SMILES string of the molecule is CCC(CCO)Nc1cc(Cl)nc(SC)n1. The molecule has 2 N–H and O–H groups in total. The highest BCUT2D eigenvalue weighted by molar-refractivity contribution is 7.98. The van der Waals surface area contributed by atoms with E-state index in [0.29, 0.717) is 22.5 Å². The number of hydrogen-bond acceptors (Lipinski definition) is 5. The van der Waals surface area contributed by atoms with Gasteiger partial charge in [-0.2, -0.15) is 0 Å². The summed E-state index contributed by atoms with van der Waals surface area (Å²) in [6.07, 6.45) is 3.53. The molecule has 16 heavy (non-hydrogen) atoms. The van der Waals surface area contributed by atoms with E-state index in [9.17, 15) is 0 Å². The van der Waals surface area contributed by atoms with Crippen molar-refractivity contribution in [3.05, 3.63) is 11.2 Å². The van der Waals surface area contributed by atoms with Gasteiger partial charge in [0.25, 0.3) is 0 Å². The monoisotopic (exact) mass is 261 g/mol. The van der Waals surface area contributed by atoms with Gasteiger partial charge in [-0.25, -0.2) is 9.97 Å². The number of halogens is 1. The fourth-order valence-corrected chi connectivity index (χ4v) is 1.92. The Hall–Kier alpha value is -0.520. The summed E-state index contributed by atoms with van der Waals surface area (Å²) in [6, 6.07) is 1.91. The van der Waals surface area contributed by atoms with E-state index in [1.54, 1.807) is 6.07 Å². The van der Waals surface area contributed by atoms with Crippen molar-refractivity contribution >= 4 is 29.2 Å². The van der Waals surface area contributed by atoms with Gasteiger partial charge in [-0.3, -0.25) is 0 Å². The molecule has 1 unspecified atom stereocenters. The minimum atomic E-state index is 0.166. The van der Waals surface area contributed by atoms with Gasteiger partial charge in [-0.15, -0.1) is 0 Å². The maximum atomic E-state index is 8.90. The van der Waals surface area contributed by atoms with Crippen molar-refractivity contribution in [1.29, 1.82) is 0 Å². The third kappa shape index (κ3) is 4.15. The summed E-state index contributed by atoms with van der Waals surface area (Å²) in [5.41, 5.74) is 0. The van der Waals surface area contributed by atoms with E-state index in [4.69, 9.17) is 16.7 Å². The zero-order valence-corrected chi connectivity index (χ0v) is 11.0. The van der Waals surface area contributed by atoms with E-state index in [1.165, 1.54) is 11.8 Å². The average Bonchev–Trinajstić information content (AvgIpc) is 2.27. The smallest absolute Gasteiger partial charge is 0.190 e. The van der Waals surface area contributed by atoms with Gasteiger partial charge in [0, 0.05) is 18.7 Å². The molecule has 0 saturated heterocycles. The van der Waals surface area contributed by atoms with E-state index in [1.807, 2.05) is 6.26 Å². The van der Waals surface area contributed by atoms with Crippen LogP contribution < -0.4 is 5.32 Å². The molecule has 0 fully saturated rings. The summed E-state index contributed by atoms with van der Waals surface area (Å²) in [5, 5.41) is 13.2. The van der Waals surface area contributed by atoms with Crippen LogP contribution >= 0.6 is 23.4 Å². The lowest BCUT2D eigenvalue weighted by atomic mass is 10.1. The van der Waals surface area contributed by atoms with Gasteiger partial charge < -0.3 is 10.4 Å². The van der Waals surface area contributed by atoms with Gasteiger partial charge in [0.15, 0.2) is 5.16 Å². The first kappa shape index (κ1) is 13.5. The second kappa shape index (κ2) is 6.93.